The van der Waals surface area contributed by atoms with Crippen molar-refractivity contribution in [3.63, 3.8) is 0 Å². The fraction of sp³-hybridized carbons (Fsp3) is 0.333. The van der Waals surface area contributed by atoms with Gasteiger partial charge in [-0.1, -0.05) is 15.9 Å². The number of anilines is 1. The molecule has 1 aliphatic heterocycles. The van der Waals surface area contributed by atoms with Crippen molar-refractivity contribution in [1.82, 2.24) is 4.90 Å². The molecule has 0 aliphatic carbocycles. The van der Waals surface area contributed by atoms with E-state index in [1.54, 1.807) is 11.8 Å². The van der Waals surface area contributed by atoms with Crippen LogP contribution in [0.2, 0.25) is 0 Å². The Kier molecular flexibility index (Phi) is 5.79. The van der Waals surface area contributed by atoms with Crippen LogP contribution >= 0.6 is 27.7 Å². The second-order valence-corrected chi connectivity index (χ2v) is 7.76. The number of aryl methyl sites for hydroxylation is 1. The van der Waals surface area contributed by atoms with Crippen LogP contribution in [0.1, 0.15) is 5.56 Å². The first kappa shape index (κ1) is 17.3. The van der Waals surface area contributed by atoms with E-state index in [4.69, 9.17) is 0 Å². The standard InChI is InChI=1S/C18H20BrN3OS/c1-14-12-15(19)2-3-17(14)24-13-18(23)22-10-8-21(9-11-22)16-4-6-20-7-5-16/h2-7,12H,8-11,13H2,1H3/p+1. The number of piperazine rings is 1. The predicted octanol–water partition coefficient (Wildman–Crippen LogP) is 3.01. The summed E-state index contributed by atoms with van der Waals surface area (Å²) in [6.07, 6.45) is 3.87. The third-order valence-corrected chi connectivity index (χ3v) is 5.84. The Hall–Kier alpha value is -1.53. The SMILES string of the molecule is Cc1cc(Br)ccc1SCC(=O)N1CCN(c2cc[nH+]cc2)CC1. The largest absolute Gasteiger partial charge is 0.368 e. The van der Waals surface area contributed by atoms with Crippen molar-refractivity contribution in [3.8, 4) is 0 Å². The number of nitrogens with one attached hydrogen (secondary N) is 1. The average molecular weight is 407 g/mol. The van der Waals surface area contributed by atoms with E-state index in [2.05, 4.69) is 57.0 Å². The van der Waals surface area contributed by atoms with E-state index in [0.717, 1.165) is 30.7 Å². The van der Waals surface area contributed by atoms with Gasteiger partial charge in [0.1, 0.15) is 0 Å². The number of thioether (sulfide) groups is 1. The quantitative estimate of drug-likeness (QED) is 0.732. The molecule has 2 aromatic rings. The van der Waals surface area contributed by atoms with Crippen LogP contribution in [0.25, 0.3) is 0 Å². The highest BCUT2D eigenvalue weighted by Crippen LogP contribution is 2.25. The third kappa shape index (κ3) is 4.30. The van der Waals surface area contributed by atoms with Crippen molar-refractivity contribution in [2.24, 2.45) is 0 Å². The first-order valence-corrected chi connectivity index (χ1v) is 9.79. The monoisotopic (exact) mass is 406 g/mol. The molecule has 3 rings (SSSR count). The van der Waals surface area contributed by atoms with Gasteiger partial charge in [0.15, 0.2) is 12.4 Å². The summed E-state index contributed by atoms with van der Waals surface area (Å²) < 4.78 is 1.07. The van der Waals surface area contributed by atoms with Gasteiger partial charge in [-0.15, -0.1) is 11.8 Å². The molecule has 1 saturated heterocycles. The molecule has 126 valence electrons. The summed E-state index contributed by atoms with van der Waals surface area (Å²) in [6, 6.07) is 10.3. The molecule has 1 aromatic heterocycles. The van der Waals surface area contributed by atoms with Crippen molar-refractivity contribution in [2.45, 2.75) is 11.8 Å². The molecule has 1 N–H and O–H groups in total. The molecular formula is C18H21BrN3OS+. The molecule has 1 amide bonds. The van der Waals surface area contributed by atoms with Gasteiger partial charge in [-0.25, -0.2) is 4.98 Å². The van der Waals surface area contributed by atoms with Gasteiger partial charge < -0.3 is 9.80 Å². The molecule has 24 heavy (non-hydrogen) atoms. The van der Waals surface area contributed by atoms with Crippen molar-refractivity contribution in [3.05, 3.63) is 52.8 Å². The van der Waals surface area contributed by atoms with Gasteiger partial charge in [0, 0.05) is 53.4 Å². The molecule has 0 radical (unpaired) electrons. The Morgan fingerprint density at radius 1 is 1.17 bits per heavy atom. The summed E-state index contributed by atoms with van der Waals surface area (Å²) in [5, 5.41) is 0. The average Bonchev–Trinajstić information content (AvgIpc) is 2.62. The fourth-order valence-electron chi connectivity index (χ4n) is 2.81. The maximum absolute atomic E-state index is 12.5. The zero-order valence-electron chi connectivity index (χ0n) is 13.7. The number of rotatable bonds is 4. The number of halogens is 1. The number of hydrogen-bond acceptors (Lipinski definition) is 3. The van der Waals surface area contributed by atoms with E-state index in [1.807, 2.05) is 23.4 Å². The molecule has 0 bridgehead atoms. The Labute approximate surface area is 155 Å². The maximum atomic E-state index is 12.5. The number of aromatic nitrogens is 1. The fourth-order valence-corrected chi connectivity index (χ4v) is 4.20. The Bertz CT molecular complexity index is 703. The predicted molar refractivity (Wildman–Crippen MR) is 101 cm³/mol. The smallest absolute Gasteiger partial charge is 0.233 e. The summed E-state index contributed by atoms with van der Waals surface area (Å²) in [4.78, 5) is 21.0. The van der Waals surface area contributed by atoms with Crippen LogP contribution in [0.15, 0.2) is 52.1 Å². The van der Waals surface area contributed by atoms with Gasteiger partial charge in [-0.05, 0) is 30.7 Å². The maximum Gasteiger partial charge on any atom is 0.233 e. The van der Waals surface area contributed by atoms with E-state index in [-0.39, 0.29) is 5.91 Å². The summed E-state index contributed by atoms with van der Waals surface area (Å²) in [5.41, 5.74) is 2.41. The Balaban J connectivity index is 1.50. The van der Waals surface area contributed by atoms with Gasteiger partial charge >= 0.3 is 0 Å². The minimum atomic E-state index is 0.225. The minimum Gasteiger partial charge on any atom is -0.368 e. The highest BCUT2D eigenvalue weighted by Gasteiger charge is 2.21. The number of pyridine rings is 1. The molecule has 0 spiro atoms. The molecule has 0 saturated carbocycles. The van der Waals surface area contributed by atoms with E-state index in [0.29, 0.717) is 5.75 Å². The van der Waals surface area contributed by atoms with Gasteiger partial charge in [-0.2, -0.15) is 0 Å². The number of hydrogen-bond donors (Lipinski definition) is 0. The number of aromatic amines is 1. The second kappa shape index (κ2) is 8.03. The number of carbonyl (C=O) groups is 1. The number of amides is 1. The number of H-pyrrole nitrogens is 1. The number of carbonyl (C=O) groups excluding carboxylic acids is 1. The van der Waals surface area contributed by atoms with E-state index < -0.39 is 0 Å². The lowest BCUT2D eigenvalue weighted by Gasteiger charge is -2.35. The lowest BCUT2D eigenvalue weighted by molar-refractivity contribution is -0.377. The first-order valence-electron chi connectivity index (χ1n) is 8.01. The van der Waals surface area contributed by atoms with Crippen molar-refractivity contribution >= 4 is 39.3 Å². The van der Waals surface area contributed by atoms with Crippen LogP contribution in [0.4, 0.5) is 5.69 Å². The van der Waals surface area contributed by atoms with Gasteiger partial charge in [0.05, 0.1) is 5.75 Å². The summed E-state index contributed by atoms with van der Waals surface area (Å²) in [6.45, 7) is 5.43. The van der Waals surface area contributed by atoms with Crippen molar-refractivity contribution < 1.29 is 9.78 Å². The minimum absolute atomic E-state index is 0.225. The van der Waals surface area contributed by atoms with Crippen LogP contribution in [-0.2, 0) is 4.79 Å². The van der Waals surface area contributed by atoms with Crippen LogP contribution in [-0.4, -0.2) is 42.7 Å². The summed E-state index contributed by atoms with van der Waals surface area (Å²) >= 11 is 5.10. The third-order valence-electron chi connectivity index (χ3n) is 4.19. The molecule has 6 heteroatoms. The molecule has 1 aromatic carbocycles. The zero-order valence-corrected chi connectivity index (χ0v) is 16.1. The van der Waals surface area contributed by atoms with Crippen LogP contribution < -0.4 is 9.88 Å². The molecule has 2 heterocycles. The van der Waals surface area contributed by atoms with Gasteiger partial charge in [-0.3, -0.25) is 4.79 Å². The van der Waals surface area contributed by atoms with Crippen LogP contribution in [0.5, 0.6) is 0 Å². The highest BCUT2D eigenvalue weighted by atomic mass is 79.9. The normalized spacial score (nSPS) is 14.8. The first-order chi connectivity index (χ1) is 11.6. The lowest BCUT2D eigenvalue weighted by atomic mass is 10.2. The van der Waals surface area contributed by atoms with Gasteiger partial charge in [0.2, 0.25) is 5.91 Å². The summed E-state index contributed by atoms with van der Waals surface area (Å²) in [7, 11) is 0. The molecule has 1 aliphatic rings. The van der Waals surface area contributed by atoms with Crippen LogP contribution in [0.3, 0.4) is 0 Å². The second-order valence-electron chi connectivity index (χ2n) is 5.82. The molecular weight excluding hydrogens is 386 g/mol. The molecule has 1 fully saturated rings. The van der Waals surface area contributed by atoms with E-state index in [9.17, 15) is 4.79 Å². The van der Waals surface area contributed by atoms with Crippen molar-refractivity contribution in [1.29, 1.82) is 0 Å². The molecule has 0 atom stereocenters. The molecule has 4 nitrogen and oxygen atoms in total. The lowest BCUT2D eigenvalue weighted by Crippen LogP contribution is -2.49. The Morgan fingerprint density at radius 3 is 2.54 bits per heavy atom. The highest BCUT2D eigenvalue weighted by molar-refractivity contribution is 9.10. The number of benzene rings is 1. The van der Waals surface area contributed by atoms with Gasteiger partial charge in [0.25, 0.3) is 0 Å². The topological polar surface area (TPSA) is 37.7 Å². The summed E-state index contributed by atoms with van der Waals surface area (Å²) in [5.74, 6) is 0.728. The number of nitrogens with zero attached hydrogens (tertiary/aromatic N) is 2. The molecule has 0 unspecified atom stereocenters. The van der Waals surface area contributed by atoms with Crippen LogP contribution in [0, 0.1) is 6.92 Å². The Morgan fingerprint density at radius 2 is 1.88 bits per heavy atom. The van der Waals surface area contributed by atoms with E-state index in [1.165, 1.54) is 16.1 Å². The zero-order chi connectivity index (χ0) is 16.9. The van der Waals surface area contributed by atoms with E-state index >= 15 is 0 Å². The van der Waals surface area contributed by atoms with Crippen molar-refractivity contribution in [2.75, 3.05) is 36.8 Å².